The standard InChI is InChI=1S/C18H28N2O2/c1-14(16-8-6-5-7-9-16)18(2,22)17(21)20-11-10-15(13-20)12-19(3)4/h5-9,14-15,22H,10-13H2,1-4H3. The average molecular weight is 304 g/mol. The first-order valence-corrected chi connectivity index (χ1v) is 8.03. The van der Waals surface area contributed by atoms with Gasteiger partial charge in [-0.1, -0.05) is 37.3 Å². The molecule has 3 unspecified atom stereocenters. The lowest BCUT2D eigenvalue weighted by Crippen LogP contribution is -2.49. The summed E-state index contributed by atoms with van der Waals surface area (Å²) in [6, 6.07) is 9.75. The van der Waals surface area contributed by atoms with Gasteiger partial charge < -0.3 is 14.9 Å². The minimum atomic E-state index is -1.37. The van der Waals surface area contributed by atoms with Gasteiger partial charge in [0.2, 0.25) is 0 Å². The highest BCUT2D eigenvalue weighted by atomic mass is 16.3. The summed E-state index contributed by atoms with van der Waals surface area (Å²) in [5.41, 5.74) is -0.376. The Balaban J connectivity index is 2.05. The van der Waals surface area contributed by atoms with Crippen LogP contribution in [0.3, 0.4) is 0 Å². The Labute approximate surface area is 133 Å². The first-order chi connectivity index (χ1) is 10.3. The van der Waals surface area contributed by atoms with E-state index in [1.54, 1.807) is 6.92 Å². The second kappa shape index (κ2) is 6.80. The third-order valence-electron chi connectivity index (χ3n) is 4.77. The molecule has 1 amide bonds. The Morgan fingerprint density at radius 3 is 2.64 bits per heavy atom. The third kappa shape index (κ3) is 3.68. The number of nitrogens with zero attached hydrogens (tertiary/aromatic N) is 2. The molecule has 1 N–H and O–H groups in total. The maximum absolute atomic E-state index is 12.8. The summed E-state index contributed by atoms with van der Waals surface area (Å²) in [5, 5.41) is 10.8. The summed E-state index contributed by atoms with van der Waals surface area (Å²) < 4.78 is 0. The molecule has 1 aliphatic rings. The molecule has 2 rings (SSSR count). The molecule has 0 aromatic heterocycles. The summed E-state index contributed by atoms with van der Waals surface area (Å²) in [4.78, 5) is 16.8. The molecule has 1 heterocycles. The number of carbonyl (C=O) groups is 1. The van der Waals surface area contributed by atoms with Gasteiger partial charge in [0, 0.05) is 25.6 Å². The number of amides is 1. The van der Waals surface area contributed by atoms with Crippen molar-refractivity contribution in [3.63, 3.8) is 0 Å². The highest BCUT2D eigenvalue weighted by Crippen LogP contribution is 2.31. The van der Waals surface area contributed by atoms with Crippen LogP contribution in [-0.4, -0.2) is 60.1 Å². The fourth-order valence-electron chi connectivity index (χ4n) is 3.25. The molecule has 0 radical (unpaired) electrons. The monoisotopic (exact) mass is 304 g/mol. The van der Waals surface area contributed by atoms with Gasteiger partial charge in [-0.25, -0.2) is 0 Å². The van der Waals surface area contributed by atoms with Crippen molar-refractivity contribution in [1.82, 2.24) is 9.80 Å². The molecule has 4 nitrogen and oxygen atoms in total. The summed E-state index contributed by atoms with van der Waals surface area (Å²) in [5.74, 6) is 0.126. The Morgan fingerprint density at radius 1 is 1.41 bits per heavy atom. The molecule has 122 valence electrons. The average Bonchev–Trinajstić information content (AvgIpc) is 2.94. The number of likely N-dealkylation sites (tertiary alicyclic amines) is 1. The predicted octanol–water partition coefficient (Wildman–Crippen LogP) is 1.95. The molecule has 1 aromatic rings. The third-order valence-corrected chi connectivity index (χ3v) is 4.77. The zero-order valence-electron chi connectivity index (χ0n) is 14.1. The van der Waals surface area contributed by atoms with Crippen molar-refractivity contribution < 1.29 is 9.90 Å². The van der Waals surface area contributed by atoms with Crippen LogP contribution >= 0.6 is 0 Å². The molecule has 1 aromatic carbocycles. The van der Waals surface area contributed by atoms with Gasteiger partial charge in [0.1, 0.15) is 5.60 Å². The van der Waals surface area contributed by atoms with Crippen LogP contribution in [-0.2, 0) is 4.79 Å². The highest BCUT2D eigenvalue weighted by Gasteiger charge is 2.42. The lowest BCUT2D eigenvalue weighted by atomic mass is 9.84. The van der Waals surface area contributed by atoms with E-state index in [1.807, 2.05) is 42.2 Å². The topological polar surface area (TPSA) is 43.8 Å². The number of hydrogen-bond acceptors (Lipinski definition) is 3. The molecule has 22 heavy (non-hydrogen) atoms. The number of benzene rings is 1. The molecule has 0 saturated carbocycles. The molecule has 0 aliphatic carbocycles. The molecular weight excluding hydrogens is 276 g/mol. The van der Waals surface area contributed by atoms with E-state index >= 15 is 0 Å². The SMILES string of the molecule is CC(c1ccccc1)C(C)(O)C(=O)N1CCC(CN(C)C)C1. The Morgan fingerprint density at radius 2 is 2.05 bits per heavy atom. The van der Waals surface area contributed by atoms with Crippen LogP contribution in [0, 0.1) is 5.92 Å². The van der Waals surface area contributed by atoms with E-state index < -0.39 is 5.60 Å². The quantitative estimate of drug-likeness (QED) is 0.904. The van der Waals surface area contributed by atoms with Crippen molar-refractivity contribution in [2.75, 3.05) is 33.7 Å². The lowest BCUT2D eigenvalue weighted by Gasteiger charge is -2.33. The Bertz CT molecular complexity index is 499. The van der Waals surface area contributed by atoms with E-state index in [9.17, 15) is 9.90 Å². The van der Waals surface area contributed by atoms with Crippen LogP contribution < -0.4 is 0 Å². The fourth-order valence-corrected chi connectivity index (χ4v) is 3.25. The molecule has 4 heteroatoms. The van der Waals surface area contributed by atoms with Crippen LogP contribution in [0.4, 0.5) is 0 Å². The fraction of sp³-hybridized carbons (Fsp3) is 0.611. The van der Waals surface area contributed by atoms with E-state index in [0.29, 0.717) is 5.92 Å². The first-order valence-electron chi connectivity index (χ1n) is 8.03. The number of hydrogen-bond donors (Lipinski definition) is 1. The van der Waals surface area contributed by atoms with Crippen LogP contribution in [0.15, 0.2) is 30.3 Å². The van der Waals surface area contributed by atoms with Gasteiger partial charge in [-0.15, -0.1) is 0 Å². The number of aliphatic hydroxyl groups is 1. The van der Waals surface area contributed by atoms with E-state index in [0.717, 1.165) is 31.6 Å². The molecule has 0 bridgehead atoms. The minimum absolute atomic E-state index is 0.148. The normalized spacial score (nSPS) is 22.6. The molecule has 1 aliphatic heterocycles. The van der Waals surface area contributed by atoms with Gasteiger partial charge in [-0.3, -0.25) is 4.79 Å². The van der Waals surface area contributed by atoms with Gasteiger partial charge in [0.15, 0.2) is 0 Å². The summed E-state index contributed by atoms with van der Waals surface area (Å²) >= 11 is 0. The predicted molar refractivity (Wildman–Crippen MR) is 88.7 cm³/mol. The first kappa shape index (κ1) is 17.0. The van der Waals surface area contributed by atoms with E-state index in [2.05, 4.69) is 19.0 Å². The van der Waals surface area contributed by atoms with Crippen LogP contribution in [0.1, 0.15) is 31.7 Å². The van der Waals surface area contributed by atoms with Crippen molar-refractivity contribution in [3.05, 3.63) is 35.9 Å². The summed E-state index contributed by atoms with van der Waals surface area (Å²) in [6.45, 7) is 6.04. The van der Waals surface area contributed by atoms with Gasteiger partial charge >= 0.3 is 0 Å². The maximum Gasteiger partial charge on any atom is 0.254 e. The lowest BCUT2D eigenvalue weighted by molar-refractivity contribution is -0.150. The van der Waals surface area contributed by atoms with Gasteiger partial charge in [-0.2, -0.15) is 0 Å². The number of rotatable bonds is 5. The Kier molecular flexibility index (Phi) is 5.24. The van der Waals surface area contributed by atoms with E-state index in [1.165, 1.54) is 0 Å². The van der Waals surface area contributed by atoms with Crippen LogP contribution in [0.25, 0.3) is 0 Å². The summed E-state index contributed by atoms with van der Waals surface area (Å²) in [7, 11) is 4.11. The zero-order chi connectivity index (χ0) is 16.3. The van der Waals surface area contributed by atoms with Gasteiger partial charge in [-0.05, 0) is 38.9 Å². The zero-order valence-corrected chi connectivity index (χ0v) is 14.1. The number of carbonyl (C=O) groups excluding carboxylic acids is 1. The smallest absolute Gasteiger partial charge is 0.254 e. The molecule has 3 atom stereocenters. The van der Waals surface area contributed by atoms with Crippen molar-refractivity contribution in [2.45, 2.75) is 31.8 Å². The second-order valence-electron chi connectivity index (χ2n) is 6.95. The molecule has 0 spiro atoms. The second-order valence-corrected chi connectivity index (χ2v) is 6.95. The Hall–Kier alpha value is -1.39. The van der Waals surface area contributed by atoms with E-state index in [4.69, 9.17) is 0 Å². The summed E-state index contributed by atoms with van der Waals surface area (Å²) in [6.07, 6.45) is 1.01. The van der Waals surface area contributed by atoms with Crippen molar-refractivity contribution in [3.8, 4) is 0 Å². The van der Waals surface area contributed by atoms with Crippen LogP contribution in [0.2, 0.25) is 0 Å². The van der Waals surface area contributed by atoms with Crippen molar-refractivity contribution in [1.29, 1.82) is 0 Å². The maximum atomic E-state index is 12.8. The molecule has 1 saturated heterocycles. The molecular formula is C18H28N2O2. The van der Waals surface area contributed by atoms with Gasteiger partial charge in [0.05, 0.1) is 0 Å². The van der Waals surface area contributed by atoms with Crippen molar-refractivity contribution >= 4 is 5.91 Å². The van der Waals surface area contributed by atoms with Crippen molar-refractivity contribution in [2.24, 2.45) is 5.92 Å². The van der Waals surface area contributed by atoms with E-state index in [-0.39, 0.29) is 11.8 Å². The minimum Gasteiger partial charge on any atom is -0.380 e. The van der Waals surface area contributed by atoms with Crippen LogP contribution in [0.5, 0.6) is 0 Å². The highest BCUT2D eigenvalue weighted by molar-refractivity contribution is 5.86. The van der Waals surface area contributed by atoms with Gasteiger partial charge in [0.25, 0.3) is 5.91 Å². The largest absolute Gasteiger partial charge is 0.380 e. The molecule has 1 fully saturated rings.